The van der Waals surface area contributed by atoms with Gasteiger partial charge in [0.25, 0.3) is 5.91 Å². The Kier molecular flexibility index (Phi) is 4.45. The highest BCUT2D eigenvalue weighted by molar-refractivity contribution is 5.94. The molecule has 0 saturated heterocycles. The van der Waals surface area contributed by atoms with E-state index >= 15 is 0 Å². The highest BCUT2D eigenvalue weighted by atomic mass is 19.4. The number of benzene rings is 2. The minimum absolute atomic E-state index is 0.0656. The van der Waals surface area contributed by atoms with Crippen molar-refractivity contribution in [2.24, 2.45) is 5.10 Å². The summed E-state index contributed by atoms with van der Waals surface area (Å²) in [5, 5.41) is 12.8. The van der Waals surface area contributed by atoms with Crippen molar-refractivity contribution in [3.63, 3.8) is 0 Å². The lowest BCUT2D eigenvalue weighted by atomic mass is 10.1. The Morgan fingerprint density at radius 3 is 2.18 bits per heavy atom. The van der Waals surface area contributed by atoms with Crippen LogP contribution in [-0.2, 0) is 6.18 Å². The zero-order valence-corrected chi connectivity index (χ0v) is 11.1. The zero-order chi connectivity index (χ0) is 16.2. The highest BCUT2D eigenvalue weighted by Gasteiger charge is 2.30. The third kappa shape index (κ3) is 4.08. The Hall–Kier alpha value is -2.83. The molecule has 7 heteroatoms. The van der Waals surface area contributed by atoms with Crippen LogP contribution in [0.4, 0.5) is 13.2 Å². The monoisotopic (exact) mass is 308 g/mol. The predicted molar refractivity (Wildman–Crippen MR) is 74.6 cm³/mol. The Bertz CT molecular complexity index is 677. The van der Waals surface area contributed by atoms with Crippen LogP contribution in [0.1, 0.15) is 21.5 Å². The molecular weight excluding hydrogens is 297 g/mol. The highest BCUT2D eigenvalue weighted by Crippen LogP contribution is 2.29. The molecule has 0 aliphatic heterocycles. The van der Waals surface area contributed by atoms with Gasteiger partial charge in [-0.2, -0.15) is 18.3 Å². The van der Waals surface area contributed by atoms with Gasteiger partial charge in [0, 0.05) is 5.56 Å². The van der Waals surface area contributed by atoms with Gasteiger partial charge in [-0.1, -0.05) is 0 Å². The van der Waals surface area contributed by atoms with Crippen molar-refractivity contribution in [2.45, 2.75) is 6.18 Å². The van der Waals surface area contributed by atoms with Crippen molar-refractivity contribution in [1.82, 2.24) is 5.43 Å². The topological polar surface area (TPSA) is 61.7 Å². The lowest BCUT2D eigenvalue weighted by molar-refractivity contribution is -0.137. The molecule has 0 atom stereocenters. The van der Waals surface area contributed by atoms with Gasteiger partial charge in [0.15, 0.2) is 0 Å². The van der Waals surface area contributed by atoms with Gasteiger partial charge in [-0.15, -0.1) is 0 Å². The first-order valence-corrected chi connectivity index (χ1v) is 6.16. The molecule has 0 radical (unpaired) electrons. The average Bonchev–Trinajstić information content (AvgIpc) is 2.48. The molecule has 2 aromatic carbocycles. The van der Waals surface area contributed by atoms with Gasteiger partial charge in [-0.05, 0) is 54.1 Å². The fourth-order valence-corrected chi connectivity index (χ4v) is 1.60. The van der Waals surface area contributed by atoms with Crippen molar-refractivity contribution >= 4 is 12.1 Å². The van der Waals surface area contributed by atoms with Crippen LogP contribution < -0.4 is 5.43 Å². The summed E-state index contributed by atoms with van der Waals surface area (Å²) < 4.78 is 37.2. The van der Waals surface area contributed by atoms with Crippen molar-refractivity contribution in [3.05, 3.63) is 65.2 Å². The molecule has 0 aliphatic rings. The number of phenols is 1. The van der Waals surface area contributed by atoms with Gasteiger partial charge in [0.1, 0.15) is 5.75 Å². The number of hydrogen-bond donors (Lipinski definition) is 2. The second-order valence-corrected chi connectivity index (χ2v) is 4.37. The molecule has 2 aromatic rings. The number of carbonyl (C=O) groups is 1. The normalized spacial score (nSPS) is 11.6. The molecule has 0 saturated carbocycles. The van der Waals surface area contributed by atoms with E-state index in [2.05, 4.69) is 10.5 Å². The first kappa shape index (κ1) is 15.6. The lowest BCUT2D eigenvalue weighted by Gasteiger charge is -2.06. The predicted octanol–water partition coefficient (Wildman–Crippen LogP) is 3.17. The summed E-state index contributed by atoms with van der Waals surface area (Å²) in [6.45, 7) is 0. The molecule has 0 bridgehead atoms. The van der Waals surface area contributed by atoms with E-state index in [1.807, 2.05) is 0 Å². The van der Waals surface area contributed by atoms with Crippen LogP contribution in [0.2, 0.25) is 0 Å². The van der Waals surface area contributed by atoms with Gasteiger partial charge < -0.3 is 5.11 Å². The van der Waals surface area contributed by atoms with Crippen LogP contribution >= 0.6 is 0 Å². The maximum Gasteiger partial charge on any atom is 0.416 e. The van der Waals surface area contributed by atoms with Gasteiger partial charge in [-0.3, -0.25) is 4.79 Å². The van der Waals surface area contributed by atoms with E-state index in [4.69, 9.17) is 5.11 Å². The number of nitrogens with zero attached hydrogens (tertiary/aromatic N) is 1. The van der Waals surface area contributed by atoms with E-state index in [0.717, 1.165) is 24.3 Å². The molecule has 1 amide bonds. The Morgan fingerprint density at radius 1 is 1.05 bits per heavy atom. The smallest absolute Gasteiger partial charge is 0.416 e. The Morgan fingerprint density at radius 2 is 1.64 bits per heavy atom. The number of phenolic OH excluding ortho intramolecular Hbond substituents is 1. The summed E-state index contributed by atoms with van der Waals surface area (Å²) in [6, 6.07) is 9.91. The average molecular weight is 308 g/mol. The van der Waals surface area contributed by atoms with E-state index in [1.54, 1.807) is 12.1 Å². The van der Waals surface area contributed by atoms with Crippen molar-refractivity contribution in [3.8, 4) is 5.75 Å². The molecular formula is C15H11F3N2O2. The van der Waals surface area contributed by atoms with E-state index in [-0.39, 0.29) is 11.3 Å². The number of rotatable bonds is 3. The second kappa shape index (κ2) is 6.30. The maximum atomic E-state index is 12.4. The van der Waals surface area contributed by atoms with Crippen molar-refractivity contribution in [2.75, 3.05) is 0 Å². The molecule has 2 N–H and O–H groups in total. The third-order valence-corrected chi connectivity index (χ3v) is 2.75. The van der Waals surface area contributed by atoms with Gasteiger partial charge in [-0.25, -0.2) is 5.43 Å². The number of nitrogens with one attached hydrogen (secondary N) is 1. The number of carbonyl (C=O) groups excluding carboxylic acids is 1. The van der Waals surface area contributed by atoms with Crippen LogP contribution in [0.3, 0.4) is 0 Å². The maximum absolute atomic E-state index is 12.4. The van der Waals surface area contributed by atoms with Crippen LogP contribution in [0.5, 0.6) is 5.75 Å². The number of alkyl halides is 3. The molecule has 0 aliphatic carbocycles. The molecule has 4 nitrogen and oxygen atoms in total. The summed E-state index contributed by atoms with van der Waals surface area (Å²) in [5.74, 6) is -0.519. The number of amides is 1. The largest absolute Gasteiger partial charge is 0.508 e. The van der Waals surface area contributed by atoms with E-state index in [1.165, 1.54) is 18.3 Å². The minimum Gasteiger partial charge on any atom is -0.508 e. The van der Waals surface area contributed by atoms with Gasteiger partial charge in [0.05, 0.1) is 11.8 Å². The van der Waals surface area contributed by atoms with Crippen LogP contribution in [0, 0.1) is 0 Å². The lowest BCUT2D eigenvalue weighted by Crippen LogP contribution is -2.17. The molecule has 0 spiro atoms. The number of hydrazone groups is 1. The minimum atomic E-state index is -4.44. The number of aromatic hydroxyl groups is 1. The first-order chi connectivity index (χ1) is 10.4. The summed E-state index contributed by atoms with van der Waals surface area (Å²) in [6.07, 6.45) is -3.09. The molecule has 0 aromatic heterocycles. The Balaban J connectivity index is 1.99. The van der Waals surface area contributed by atoms with E-state index < -0.39 is 17.6 Å². The standard InChI is InChI=1S/C15H11F3N2O2/c16-15(17,18)12-5-3-11(4-6-12)14(22)20-19-9-10-1-7-13(21)8-2-10/h1-9,21H,(H,20,22). The summed E-state index contributed by atoms with van der Waals surface area (Å²) >= 11 is 0. The molecule has 22 heavy (non-hydrogen) atoms. The summed E-state index contributed by atoms with van der Waals surface area (Å²) in [4.78, 5) is 11.7. The van der Waals surface area contributed by atoms with Crippen molar-refractivity contribution < 1.29 is 23.1 Å². The van der Waals surface area contributed by atoms with Crippen LogP contribution in [0.15, 0.2) is 53.6 Å². The third-order valence-electron chi connectivity index (χ3n) is 2.75. The fraction of sp³-hybridized carbons (Fsp3) is 0.0667. The molecule has 0 fully saturated rings. The quantitative estimate of drug-likeness (QED) is 0.676. The summed E-state index contributed by atoms with van der Waals surface area (Å²) in [5.41, 5.74) is 2.09. The van der Waals surface area contributed by atoms with E-state index in [9.17, 15) is 18.0 Å². The number of halogens is 3. The fourth-order valence-electron chi connectivity index (χ4n) is 1.60. The van der Waals surface area contributed by atoms with Gasteiger partial charge in [0.2, 0.25) is 0 Å². The molecule has 114 valence electrons. The first-order valence-electron chi connectivity index (χ1n) is 6.16. The van der Waals surface area contributed by atoms with Gasteiger partial charge >= 0.3 is 6.18 Å². The van der Waals surface area contributed by atoms with Crippen LogP contribution in [0.25, 0.3) is 0 Å². The van der Waals surface area contributed by atoms with Crippen LogP contribution in [-0.4, -0.2) is 17.2 Å². The second-order valence-electron chi connectivity index (χ2n) is 4.37. The molecule has 2 rings (SSSR count). The number of hydrogen-bond acceptors (Lipinski definition) is 3. The molecule has 0 unspecified atom stereocenters. The SMILES string of the molecule is O=C(NN=Cc1ccc(O)cc1)c1ccc(C(F)(F)F)cc1. The zero-order valence-electron chi connectivity index (χ0n) is 11.1. The Labute approximate surface area is 123 Å². The molecule has 0 heterocycles. The van der Waals surface area contributed by atoms with E-state index in [0.29, 0.717) is 5.56 Å². The van der Waals surface area contributed by atoms with Crippen molar-refractivity contribution in [1.29, 1.82) is 0 Å². The summed E-state index contributed by atoms with van der Waals surface area (Å²) in [7, 11) is 0.